The second-order valence-corrected chi connectivity index (χ2v) is 2.40. The third kappa shape index (κ3) is 4.20. The van der Waals surface area contributed by atoms with E-state index in [1.165, 1.54) is 0 Å². The quantitative estimate of drug-likeness (QED) is 0.294. The molecule has 0 fully saturated rings. The molecule has 6 heteroatoms. The number of aliphatic hydroxyl groups excluding tert-OH is 1. The van der Waals surface area contributed by atoms with Crippen molar-refractivity contribution in [3.05, 3.63) is 0 Å². The predicted molar refractivity (Wildman–Crippen MR) is 46.9 cm³/mol. The van der Waals surface area contributed by atoms with E-state index in [-0.39, 0.29) is 24.8 Å². The lowest BCUT2D eigenvalue weighted by molar-refractivity contribution is -0.124. The topological polar surface area (TPSA) is 78.4 Å². The summed E-state index contributed by atoms with van der Waals surface area (Å²) in [6.45, 7) is 0.0652. The van der Waals surface area contributed by atoms with Crippen LogP contribution in [0.4, 0.5) is 0 Å². The molecular weight excluding hydrogens is 180 g/mol. The smallest absolute Gasteiger partial charge is 0.243 e. The molecule has 0 rings (SSSR count). The highest BCUT2D eigenvalue weighted by atomic mass is 32.1. The zero-order chi connectivity index (χ0) is 9.40. The predicted octanol–water partition coefficient (Wildman–Crippen LogP) is -1.86. The minimum Gasteiger partial charge on any atom is -0.395 e. The molecule has 0 unspecified atom stereocenters. The first-order valence-electron chi connectivity index (χ1n) is 3.45. The Morgan fingerprint density at radius 3 is 2.75 bits per heavy atom. The minimum absolute atomic E-state index is 0.119. The molecule has 0 aliphatic carbocycles. The van der Waals surface area contributed by atoms with Crippen LogP contribution in [0.1, 0.15) is 0 Å². The van der Waals surface area contributed by atoms with Gasteiger partial charge in [-0.25, -0.2) is 0 Å². The second kappa shape index (κ2) is 6.93. The van der Waals surface area contributed by atoms with E-state index in [0.29, 0.717) is 6.41 Å². The third-order valence-electron chi connectivity index (χ3n) is 1.18. The molecule has 1 atom stereocenters. The molecule has 5 nitrogen and oxygen atoms in total. The molecule has 0 spiro atoms. The molecule has 3 N–H and O–H groups in total. The zero-order valence-corrected chi connectivity index (χ0v) is 7.38. The highest BCUT2D eigenvalue weighted by Crippen LogP contribution is 1.86. The lowest BCUT2D eigenvalue weighted by atomic mass is 10.3. The molecule has 0 aliphatic heterocycles. The summed E-state index contributed by atoms with van der Waals surface area (Å²) in [5.41, 5.74) is 0. The number of amides is 2. The molecule has 0 bridgehead atoms. The van der Waals surface area contributed by atoms with Gasteiger partial charge in [0.2, 0.25) is 12.3 Å². The monoisotopic (exact) mass is 192 g/mol. The summed E-state index contributed by atoms with van der Waals surface area (Å²) in [7, 11) is 0. The van der Waals surface area contributed by atoms with Crippen LogP contribution in [0.5, 0.6) is 0 Å². The maximum absolute atomic E-state index is 11.0. The summed E-state index contributed by atoms with van der Waals surface area (Å²) < 4.78 is 0. The normalized spacial score (nSPS) is 11.8. The van der Waals surface area contributed by atoms with Gasteiger partial charge in [0.15, 0.2) is 0 Å². The van der Waals surface area contributed by atoms with Gasteiger partial charge >= 0.3 is 0 Å². The minimum atomic E-state index is -0.627. The Bertz CT molecular complexity index is 154. The van der Waals surface area contributed by atoms with Crippen LogP contribution in [0, 0.1) is 0 Å². The number of thiol groups is 1. The first kappa shape index (κ1) is 11.2. The van der Waals surface area contributed by atoms with Crippen LogP contribution in [-0.4, -0.2) is 42.4 Å². The fourth-order valence-electron chi connectivity index (χ4n) is 0.596. The Hall–Kier alpha value is -0.750. The Labute approximate surface area is 75.9 Å². The van der Waals surface area contributed by atoms with Gasteiger partial charge in [-0.1, -0.05) is 0 Å². The van der Waals surface area contributed by atoms with Gasteiger partial charge in [0.05, 0.1) is 6.61 Å². The number of hydrogen-bond donors (Lipinski definition) is 4. The fraction of sp³-hybridized carbons (Fsp3) is 0.667. The van der Waals surface area contributed by atoms with Gasteiger partial charge in [0.25, 0.3) is 0 Å². The van der Waals surface area contributed by atoms with Crippen molar-refractivity contribution < 1.29 is 14.7 Å². The zero-order valence-electron chi connectivity index (χ0n) is 6.49. The van der Waals surface area contributed by atoms with Gasteiger partial charge in [-0.15, -0.1) is 0 Å². The van der Waals surface area contributed by atoms with Crippen molar-refractivity contribution >= 4 is 24.9 Å². The molecular formula is C6H12N2O3S. The van der Waals surface area contributed by atoms with Gasteiger partial charge in [0.1, 0.15) is 6.04 Å². The lowest BCUT2D eigenvalue weighted by Crippen LogP contribution is -2.45. The highest BCUT2D eigenvalue weighted by Gasteiger charge is 2.13. The van der Waals surface area contributed by atoms with Crippen LogP contribution in [0.15, 0.2) is 0 Å². The number of rotatable bonds is 6. The van der Waals surface area contributed by atoms with Gasteiger partial charge in [0, 0.05) is 12.3 Å². The van der Waals surface area contributed by atoms with E-state index in [2.05, 4.69) is 23.3 Å². The van der Waals surface area contributed by atoms with Crippen molar-refractivity contribution in [1.29, 1.82) is 0 Å². The van der Waals surface area contributed by atoms with Crippen LogP contribution in [0.25, 0.3) is 0 Å². The highest BCUT2D eigenvalue weighted by molar-refractivity contribution is 7.80. The van der Waals surface area contributed by atoms with E-state index in [0.717, 1.165) is 0 Å². The van der Waals surface area contributed by atoms with Gasteiger partial charge in [-0.2, -0.15) is 12.6 Å². The van der Waals surface area contributed by atoms with Crippen molar-refractivity contribution in [3.63, 3.8) is 0 Å². The van der Waals surface area contributed by atoms with Crippen molar-refractivity contribution in [2.24, 2.45) is 0 Å². The van der Waals surface area contributed by atoms with Crippen molar-refractivity contribution in [3.8, 4) is 0 Å². The Balaban J connectivity index is 3.76. The maximum Gasteiger partial charge on any atom is 0.243 e. The van der Waals surface area contributed by atoms with E-state index in [4.69, 9.17) is 5.11 Å². The van der Waals surface area contributed by atoms with Crippen molar-refractivity contribution in [2.45, 2.75) is 6.04 Å². The molecule has 2 amide bonds. The lowest BCUT2D eigenvalue weighted by Gasteiger charge is -2.12. The average molecular weight is 192 g/mol. The molecule has 0 aromatic carbocycles. The summed E-state index contributed by atoms with van der Waals surface area (Å²) in [5, 5.41) is 13.1. The van der Waals surface area contributed by atoms with Gasteiger partial charge in [-0.05, 0) is 0 Å². The third-order valence-corrected chi connectivity index (χ3v) is 1.54. The van der Waals surface area contributed by atoms with E-state index >= 15 is 0 Å². The summed E-state index contributed by atoms with van der Waals surface area (Å²) >= 11 is 3.87. The van der Waals surface area contributed by atoms with Crippen LogP contribution in [-0.2, 0) is 9.59 Å². The number of aliphatic hydroxyl groups is 1. The molecule has 0 saturated carbocycles. The van der Waals surface area contributed by atoms with Crippen LogP contribution in [0.2, 0.25) is 0 Å². The van der Waals surface area contributed by atoms with E-state index in [1.54, 1.807) is 0 Å². The molecule has 0 aliphatic rings. The van der Waals surface area contributed by atoms with Crippen LogP contribution in [0.3, 0.4) is 0 Å². The SMILES string of the molecule is O=CN[C@@H](CS)C(=O)NCCO. The molecule has 0 aromatic rings. The Morgan fingerprint density at radius 2 is 2.33 bits per heavy atom. The summed E-state index contributed by atoms with van der Waals surface area (Å²) in [6, 6.07) is -0.627. The van der Waals surface area contributed by atoms with E-state index in [9.17, 15) is 9.59 Å². The van der Waals surface area contributed by atoms with Gasteiger partial charge < -0.3 is 15.7 Å². The fourth-order valence-corrected chi connectivity index (χ4v) is 0.867. The largest absolute Gasteiger partial charge is 0.395 e. The molecule has 12 heavy (non-hydrogen) atoms. The first-order chi connectivity index (χ1) is 5.76. The number of hydrogen-bond acceptors (Lipinski definition) is 4. The van der Waals surface area contributed by atoms with Crippen molar-refractivity contribution in [2.75, 3.05) is 18.9 Å². The summed E-state index contributed by atoms with van der Waals surface area (Å²) in [5.74, 6) is -0.109. The number of nitrogens with one attached hydrogen (secondary N) is 2. The number of carbonyl (C=O) groups excluding carboxylic acids is 2. The van der Waals surface area contributed by atoms with Crippen LogP contribution < -0.4 is 10.6 Å². The van der Waals surface area contributed by atoms with E-state index in [1.807, 2.05) is 0 Å². The summed E-state index contributed by atoms with van der Waals surface area (Å²) in [4.78, 5) is 21.0. The van der Waals surface area contributed by atoms with Gasteiger partial charge in [-0.3, -0.25) is 9.59 Å². The Kier molecular flexibility index (Phi) is 6.50. The number of carbonyl (C=O) groups is 2. The van der Waals surface area contributed by atoms with Crippen LogP contribution >= 0.6 is 12.6 Å². The molecule has 0 aromatic heterocycles. The average Bonchev–Trinajstić information content (AvgIpc) is 2.10. The molecule has 0 radical (unpaired) electrons. The maximum atomic E-state index is 11.0. The van der Waals surface area contributed by atoms with Crippen molar-refractivity contribution in [1.82, 2.24) is 10.6 Å². The summed E-state index contributed by atoms with van der Waals surface area (Å²) in [6.07, 6.45) is 0.444. The second-order valence-electron chi connectivity index (χ2n) is 2.03. The molecule has 0 heterocycles. The molecule has 0 saturated heterocycles. The first-order valence-corrected chi connectivity index (χ1v) is 4.08. The standard InChI is InChI=1S/C6H12N2O3S/c9-2-1-7-6(11)5(3-12)8-4-10/h4-5,9,12H,1-3H2,(H,7,11)(H,8,10)/t5-/m0/s1. The molecule has 70 valence electrons. The van der Waals surface area contributed by atoms with E-state index < -0.39 is 6.04 Å². The Morgan fingerprint density at radius 1 is 1.67 bits per heavy atom.